The Labute approximate surface area is 82.5 Å². The topological polar surface area (TPSA) is 0 Å². The third-order valence-corrected chi connectivity index (χ3v) is 3.72. The largest absolute Gasteiger partial charge is 0.435 e. The van der Waals surface area contributed by atoms with E-state index in [0.29, 0.717) is 0 Å². The van der Waals surface area contributed by atoms with Gasteiger partial charge in [-0.05, 0) is 22.9 Å². The molecule has 0 aromatic carbocycles. The lowest BCUT2D eigenvalue weighted by molar-refractivity contribution is -0.193. The molecule has 0 N–H and O–H groups in total. The first-order valence-corrected chi connectivity index (χ1v) is 4.29. The summed E-state index contributed by atoms with van der Waals surface area (Å²) in [7, 11) is 0. The molecule has 0 radical (unpaired) electrons. The highest BCUT2D eigenvalue weighted by atomic mass is 79.9. The van der Waals surface area contributed by atoms with E-state index < -0.39 is 14.5 Å². The fourth-order valence-corrected chi connectivity index (χ4v) is 0.581. The predicted octanol–water partition coefficient (Wildman–Crippen LogP) is 3.96. The van der Waals surface area contributed by atoms with Crippen LogP contribution in [0.2, 0.25) is 0 Å². The second-order valence-electron chi connectivity index (χ2n) is 1.96. The van der Waals surface area contributed by atoms with Crippen molar-refractivity contribution in [1.82, 2.24) is 0 Å². The molecule has 0 aliphatic rings. The zero-order valence-corrected chi connectivity index (χ0v) is 9.07. The molecule has 0 saturated heterocycles. The summed E-state index contributed by atoms with van der Waals surface area (Å²) in [5.74, 6) is 0. The summed E-state index contributed by atoms with van der Waals surface area (Å²) in [4.78, 5) is 0. The minimum absolute atomic E-state index is 0.858. The molecule has 2 unspecified atom stereocenters. The third-order valence-electron chi connectivity index (χ3n) is 0.907. The van der Waals surface area contributed by atoms with E-state index in [9.17, 15) is 17.6 Å². The van der Waals surface area contributed by atoms with Crippen LogP contribution in [0.15, 0.2) is 0 Å². The Morgan fingerprint density at radius 2 is 1.36 bits per heavy atom. The smallest absolute Gasteiger partial charge is 0.218 e. The van der Waals surface area contributed by atoms with Crippen molar-refractivity contribution < 1.29 is 17.6 Å². The fourth-order valence-electron chi connectivity index (χ4n) is 0.249. The average Bonchev–Trinajstić information content (AvgIpc) is 1.58. The zero-order chi connectivity index (χ0) is 9.50. The van der Waals surface area contributed by atoms with Crippen molar-refractivity contribution in [2.45, 2.75) is 21.5 Å². The molecule has 68 valence electrons. The van der Waals surface area contributed by atoms with Crippen molar-refractivity contribution in [3.63, 3.8) is 0 Å². The van der Waals surface area contributed by atoms with Gasteiger partial charge in [0.2, 0.25) is 0 Å². The highest BCUT2D eigenvalue weighted by Gasteiger charge is 2.64. The van der Waals surface area contributed by atoms with Crippen molar-refractivity contribution in [2.24, 2.45) is 0 Å². The Kier molecular flexibility index (Phi) is 3.30. The molecular formula is C4H3Br2ClF4. The van der Waals surface area contributed by atoms with Crippen LogP contribution in [0.25, 0.3) is 0 Å². The first kappa shape index (κ1) is 12.0. The number of hydrogen-bond acceptors (Lipinski definition) is 0. The van der Waals surface area contributed by atoms with Crippen LogP contribution in [0.3, 0.4) is 0 Å². The summed E-state index contributed by atoms with van der Waals surface area (Å²) in [6.45, 7) is 0.858. The Hall–Kier alpha value is 0.970. The van der Waals surface area contributed by atoms with E-state index in [-0.39, 0.29) is 0 Å². The van der Waals surface area contributed by atoms with E-state index in [1.807, 2.05) is 15.9 Å². The molecule has 0 amide bonds. The molecule has 0 bridgehead atoms. The van der Waals surface area contributed by atoms with Crippen molar-refractivity contribution in [1.29, 1.82) is 0 Å². The molecule has 0 rings (SSSR count). The molecule has 0 saturated carbocycles. The molecule has 0 nitrogen and oxygen atoms in total. The first-order valence-electron chi connectivity index (χ1n) is 2.32. The van der Waals surface area contributed by atoms with E-state index in [4.69, 9.17) is 11.6 Å². The normalized spacial score (nSPS) is 24.0. The average molecular weight is 322 g/mol. The van der Waals surface area contributed by atoms with Gasteiger partial charge in [0.25, 0.3) is 4.58 Å². The Bertz CT molecular complexity index is 131. The van der Waals surface area contributed by atoms with E-state index >= 15 is 0 Å². The van der Waals surface area contributed by atoms with Gasteiger partial charge >= 0.3 is 6.18 Å². The SMILES string of the molecule is CC(Cl)(Br)C(F)(Br)C(F)(F)F. The van der Waals surface area contributed by atoms with Gasteiger partial charge in [-0.3, -0.25) is 0 Å². The van der Waals surface area contributed by atoms with Crippen LogP contribution >= 0.6 is 43.5 Å². The van der Waals surface area contributed by atoms with Gasteiger partial charge in [-0.2, -0.15) is 13.2 Å². The molecule has 0 fully saturated rings. The van der Waals surface area contributed by atoms with Crippen LogP contribution in [0.1, 0.15) is 6.92 Å². The van der Waals surface area contributed by atoms with Gasteiger partial charge in [0.05, 0.1) is 0 Å². The van der Waals surface area contributed by atoms with Gasteiger partial charge in [-0.25, -0.2) is 4.39 Å². The number of alkyl halides is 7. The Morgan fingerprint density at radius 3 is 1.36 bits per heavy atom. The number of hydrogen-bond donors (Lipinski definition) is 0. The molecule has 0 aliphatic carbocycles. The molecule has 7 heteroatoms. The van der Waals surface area contributed by atoms with Crippen LogP contribution in [-0.2, 0) is 0 Å². The summed E-state index contributed by atoms with van der Waals surface area (Å²) < 4.78 is 42.3. The van der Waals surface area contributed by atoms with E-state index in [0.717, 1.165) is 6.92 Å². The van der Waals surface area contributed by atoms with E-state index in [1.165, 1.54) is 0 Å². The Balaban J connectivity index is 4.75. The molecule has 2 atom stereocenters. The summed E-state index contributed by atoms with van der Waals surface area (Å²) in [5, 5.41) is 0. The van der Waals surface area contributed by atoms with Crippen LogP contribution in [0, 0.1) is 0 Å². The third kappa shape index (κ3) is 2.45. The maximum atomic E-state index is 12.7. The number of rotatable bonds is 1. The van der Waals surface area contributed by atoms with Crippen LogP contribution in [-0.4, -0.2) is 14.5 Å². The Morgan fingerprint density at radius 1 is 1.09 bits per heavy atom. The molecule has 11 heavy (non-hydrogen) atoms. The van der Waals surface area contributed by atoms with Gasteiger partial charge in [0, 0.05) is 0 Å². The minimum Gasteiger partial charge on any atom is -0.218 e. The summed E-state index contributed by atoms with van der Waals surface area (Å²) in [6.07, 6.45) is -5.05. The van der Waals surface area contributed by atoms with Crippen molar-refractivity contribution in [2.75, 3.05) is 0 Å². The maximum absolute atomic E-state index is 12.7. The molecule has 0 spiro atoms. The predicted molar refractivity (Wildman–Crippen MR) is 42.0 cm³/mol. The highest BCUT2D eigenvalue weighted by Crippen LogP contribution is 2.52. The standard InChI is InChI=1S/C4H3Br2ClF4/c1-2(5,7)3(6,8)4(9,10)11/h1H3. The van der Waals surface area contributed by atoms with Gasteiger partial charge in [0.1, 0.15) is 3.78 Å². The second kappa shape index (κ2) is 3.03. The lowest BCUT2D eigenvalue weighted by atomic mass is 10.3. The number of halogens is 7. The lowest BCUT2D eigenvalue weighted by Crippen LogP contribution is -2.46. The van der Waals surface area contributed by atoms with E-state index in [2.05, 4.69) is 15.9 Å². The maximum Gasteiger partial charge on any atom is 0.435 e. The van der Waals surface area contributed by atoms with Crippen molar-refractivity contribution in [3.8, 4) is 0 Å². The van der Waals surface area contributed by atoms with Crippen molar-refractivity contribution >= 4 is 43.5 Å². The van der Waals surface area contributed by atoms with Gasteiger partial charge < -0.3 is 0 Å². The molecule has 0 aromatic rings. The fraction of sp³-hybridized carbons (Fsp3) is 1.00. The van der Waals surface area contributed by atoms with Gasteiger partial charge in [-0.15, -0.1) is 11.6 Å². The highest BCUT2D eigenvalue weighted by molar-refractivity contribution is 9.13. The first-order chi connectivity index (χ1) is 4.50. The summed E-state index contributed by atoms with van der Waals surface area (Å²) in [6, 6.07) is 0. The van der Waals surface area contributed by atoms with Crippen LogP contribution in [0.4, 0.5) is 17.6 Å². The lowest BCUT2D eigenvalue weighted by Gasteiger charge is -2.30. The van der Waals surface area contributed by atoms with Crippen LogP contribution < -0.4 is 0 Å². The second-order valence-corrected chi connectivity index (χ2v) is 5.85. The van der Waals surface area contributed by atoms with Crippen LogP contribution in [0.5, 0.6) is 0 Å². The monoisotopic (exact) mass is 320 g/mol. The molecule has 0 aliphatic heterocycles. The molecule has 0 aromatic heterocycles. The zero-order valence-electron chi connectivity index (χ0n) is 5.15. The van der Waals surface area contributed by atoms with Gasteiger partial charge in [0.15, 0.2) is 0 Å². The van der Waals surface area contributed by atoms with E-state index in [1.54, 1.807) is 0 Å². The van der Waals surface area contributed by atoms with Crippen molar-refractivity contribution in [3.05, 3.63) is 0 Å². The summed E-state index contributed by atoms with van der Waals surface area (Å²) >= 11 is 9.30. The minimum atomic E-state index is -5.05. The summed E-state index contributed by atoms with van der Waals surface area (Å²) in [5.41, 5.74) is 0. The molecular weight excluding hydrogens is 319 g/mol. The van der Waals surface area contributed by atoms with Gasteiger partial charge in [-0.1, -0.05) is 15.9 Å². The quantitative estimate of drug-likeness (QED) is 0.506. The molecule has 0 heterocycles.